The van der Waals surface area contributed by atoms with Crippen molar-refractivity contribution in [1.82, 2.24) is 15.1 Å². The van der Waals surface area contributed by atoms with Gasteiger partial charge in [-0.15, -0.1) is 0 Å². The molecule has 3 amide bonds. The normalized spacial score (nSPS) is 38.2. The third-order valence-electron chi connectivity index (χ3n) is 9.09. The monoisotopic (exact) mass is 528 g/mol. The number of carbonyl (C=O) groups is 2. The molecule has 2 saturated heterocycles. The number of aliphatic imine (C=N–C) groups is 1. The van der Waals surface area contributed by atoms with Crippen LogP contribution in [0.2, 0.25) is 0 Å². The Labute approximate surface area is 216 Å². The van der Waals surface area contributed by atoms with Crippen LogP contribution >= 0.6 is 11.8 Å². The number of carbonyl (C=O) groups excluding carboxylic acids is 2. The van der Waals surface area contributed by atoms with Crippen molar-refractivity contribution >= 4 is 29.5 Å². The van der Waals surface area contributed by atoms with Crippen LogP contribution in [-0.2, 0) is 4.79 Å². The van der Waals surface area contributed by atoms with Gasteiger partial charge in [-0.1, -0.05) is 19.8 Å². The Balaban J connectivity index is 1.46. The molecule has 3 heterocycles. The molecular formula is C26H39F3N4O2S. The molecule has 2 aliphatic carbocycles. The van der Waals surface area contributed by atoms with E-state index in [0.29, 0.717) is 31.8 Å². The average molecular weight is 529 g/mol. The minimum absolute atomic E-state index is 0.0512. The number of alkyl halides is 3. The number of amides is 3. The summed E-state index contributed by atoms with van der Waals surface area (Å²) >= 11 is 1.84. The van der Waals surface area contributed by atoms with Crippen LogP contribution < -0.4 is 5.32 Å². The first-order valence-electron chi connectivity index (χ1n) is 13.8. The minimum Gasteiger partial charge on any atom is -0.353 e. The van der Waals surface area contributed by atoms with E-state index in [2.05, 4.69) is 12.2 Å². The van der Waals surface area contributed by atoms with Gasteiger partial charge in [0.05, 0.1) is 23.3 Å². The number of nitrogens with one attached hydrogen (secondary N) is 1. The fourth-order valence-corrected chi connectivity index (χ4v) is 8.52. The first kappa shape index (κ1) is 26.2. The number of hydrogen-bond donors (Lipinski definition) is 1. The molecule has 10 heteroatoms. The van der Waals surface area contributed by atoms with Gasteiger partial charge in [-0.25, -0.2) is 4.79 Å². The molecule has 5 atom stereocenters. The van der Waals surface area contributed by atoms with Gasteiger partial charge in [0.25, 0.3) is 0 Å². The molecule has 5 aliphatic rings. The minimum atomic E-state index is -4.13. The predicted molar refractivity (Wildman–Crippen MR) is 135 cm³/mol. The Bertz CT molecular complexity index is 855. The Morgan fingerprint density at radius 1 is 1.06 bits per heavy atom. The van der Waals surface area contributed by atoms with Crippen LogP contribution in [0.3, 0.4) is 0 Å². The molecule has 4 fully saturated rings. The maximum Gasteiger partial charge on any atom is 0.391 e. The highest BCUT2D eigenvalue weighted by atomic mass is 32.2. The van der Waals surface area contributed by atoms with Gasteiger partial charge in [0, 0.05) is 13.1 Å². The van der Waals surface area contributed by atoms with Crippen LogP contribution in [0.15, 0.2) is 4.99 Å². The van der Waals surface area contributed by atoms with Crippen molar-refractivity contribution in [3.05, 3.63) is 0 Å². The van der Waals surface area contributed by atoms with E-state index in [1.807, 2.05) is 16.7 Å². The molecule has 1 N–H and O–H groups in total. The summed E-state index contributed by atoms with van der Waals surface area (Å²) in [6, 6.07) is -0.395. The highest BCUT2D eigenvalue weighted by Gasteiger charge is 2.52. The molecule has 5 unspecified atom stereocenters. The van der Waals surface area contributed by atoms with E-state index in [1.165, 1.54) is 6.42 Å². The molecule has 202 valence electrons. The average Bonchev–Trinajstić information content (AvgIpc) is 3.51. The van der Waals surface area contributed by atoms with Gasteiger partial charge in [0.1, 0.15) is 12.4 Å². The fraction of sp³-hybridized carbons (Fsp3) is 0.885. The number of amidine groups is 1. The fourth-order valence-electron chi connectivity index (χ4n) is 7.25. The number of piperazine rings is 1. The zero-order valence-electron chi connectivity index (χ0n) is 21.1. The van der Waals surface area contributed by atoms with Crippen molar-refractivity contribution in [2.45, 2.75) is 94.6 Å². The SMILES string of the molecule is CC1CCCC(C2C(C3CCC(C(F)(F)F)CC3)N=C(C3CCCS3)N2C(=O)N2CCNC(=O)C2)C1. The number of rotatable bonds is 3. The van der Waals surface area contributed by atoms with Crippen molar-refractivity contribution in [2.24, 2.45) is 28.7 Å². The summed E-state index contributed by atoms with van der Waals surface area (Å²) < 4.78 is 40.2. The first-order valence-corrected chi connectivity index (χ1v) is 14.9. The molecule has 0 aromatic carbocycles. The van der Waals surface area contributed by atoms with Crippen LogP contribution in [0.4, 0.5) is 18.0 Å². The number of halogens is 3. The second-order valence-corrected chi connectivity index (χ2v) is 12.9. The van der Waals surface area contributed by atoms with E-state index in [4.69, 9.17) is 4.99 Å². The summed E-state index contributed by atoms with van der Waals surface area (Å²) in [5.74, 6) is 1.41. The Kier molecular flexibility index (Phi) is 7.80. The lowest BCUT2D eigenvalue weighted by molar-refractivity contribution is -0.184. The van der Waals surface area contributed by atoms with Crippen molar-refractivity contribution in [3.8, 4) is 0 Å². The predicted octanol–water partition coefficient (Wildman–Crippen LogP) is 5.08. The van der Waals surface area contributed by atoms with Crippen molar-refractivity contribution in [3.63, 3.8) is 0 Å². The van der Waals surface area contributed by atoms with Crippen molar-refractivity contribution < 1.29 is 22.8 Å². The summed E-state index contributed by atoms with van der Waals surface area (Å²) in [6.45, 7) is 3.23. The molecule has 0 aromatic heterocycles. The number of urea groups is 1. The molecule has 2 saturated carbocycles. The zero-order valence-corrected chi connectivity index (χ0v) is 22.0. The lowest BCUT2D eigenvalue weighted by Gasteiger charge is -2.43. The van der Waals surface area contributed by atoms with Crippen molar-refractivity contribution in [1.29, 1.82) is 0 Å². The maximum atomic E-state index is 14.1. The first-order chi connectivity index (χ1) is 17.2. The van der Waals surface area contributed by atoms with Gasteiger partial charge in [-0.05, 0) is 74.9 Å². The van der Waals surface area contributed by atoms with E-state index in [0.717, 1.165) is 43.7 Å². The topological polar surface area (TPSA) is 65.0 Å². The second-order valence-electron chi connectivity index (χ2n) is 11.6. The van der Waals surface area contributed by atoms with Gasteiger partial charge in [-0.2, -0.15) is 24.9 Å². The summed E-state index contributed by atoms with van der Waals surface area (Å²) in [5, 5.41) is 2.95. The van der Waals surface area contributed by atoms with Crippen LogP contribution in [0.1, 0.15) is 71.1 Å². The summed E-state index contributed by atoms with van der Waals surface area (Å²) in [4.78, 5) is 35.1. The number of hydrogen-bond acceptors (Lipinski definition) is 4. The van der Waals surface area contributed by atoms with Crippen LogP contribution in [0, 0.1) is 23.7 Å². The Hall–Kier alpha value is -1.45. The molecule has 5 rings (SSSR count). The van der Waals surface area contributed by atoms with Crippen LogP contribution in [-0.4, -0.2) is 76.5 Å². The second kappa shape index (κ2) is 10.7. The summed E-state index contributed by atoms with van der Waals surface area (Å²) in [5.41, 5.74) is 0. The number of thioether (sulfide) groups is 1. The Morgan fingerprint density at radius 3 is 2.47 bits per heavy atom. The lowest BCUT2D eigenvalue weighted by atomic mass is 9.71. The molecule has 0 radical (unpaired) electrons. The Morgan fingerprint density at radius 2 is 1.83 bits per heavy atom. The quantitative estimate of drug-likeness (QED) is 0.556. The molecular weight excluding hydrogens is 489 g/mol. The van der Waals surface area contributed by atoms with Gasteiger partial charge in [0.2, 0.25) is 5.91 Å². The van der Waals surface area contributed by atoms with Gasteiger partial charge in [-0.3, -0.25) is 14.7 Å². The van der Waals surface area contributed by atoms with Gasteiger partial charge < -0.3 is 10.2 Å². The van der Waals surface area contributed by atoms with Crippen molar-refractivity contribution in [2.75, 3.05) is 25.4 Å². The van der Waals surface area contributed by atoms with Gasteiger partial charge >= 0.3 is 12.2 Å². The van der Waals surface area contributed by atoms with Crippen LogP contribution in [0.5, 0.6) is 0 Å². The summed E-state index contributed by atoms with van der Waals surface area (Å²) in [7, 11) is 0. The van der Waals surface area contributed by atoms with Gasteiger partial charge in [0.15, 0.2) is 0 Å². The van der Waals surface area contributed by atoms with E-state index < -0.39 is 12.1 Å². The zero-order chi connectivity index (χ0) is 25.4. The summed E-state index contributed by atoms with van der Waals surface area (Å²) in [6.07, 6.45) is 3.57. The van der Waals surface area contributed by atoms with E-state index >= 15 is 0 Å². The largest absolute Gasteiger partial charge is 0.391 e. The molecule has 6 nitrogen and oxygen atoms in total. The number of nitrogens with zero attached hydrogens (tertiary/aromatic N) is 3. The smallest absolute Gasteiger partial charge is 0.353 e. The van der Waals surface area contributed by atoms with E-state index in [-0.39, 0.29) is 60.5 Å². The van der Waals surface area contributed by atoms with Crippen LogP contribution in [0.25, 0.3) is 0 Å². The standard InChI is InChI=1S/C26H39F3N4O2S/c1-16-4-2-5-18(14-16)23-22(17-7-9-19(10-8-17)26(27,28)29)31-24(20-6-3-13-36-20)33(23)25(35)32-12-11-30-21(34)15-32/h16-20,22-23H,2-15H2,1H3,(H,30,34). The molecule has 0 aromatic rings. The third-order valence-corrected chi connectivity index (χ3v) is 10.5. The molecule has 3 aliphatic heterocycles. The maximum absolute atomic E-state index is 14.1. The highest BCUT2D eigenvalue weighted by molar-refractivity contribution is 8.00. The van der Waals surface area contributed by atoms with E-state index in [9.17, 15) is 22.8 Å². The van der Waals surface area contributed by atoms with E-state index in [1.54, 1.807) is 4.90 Å². The molecule has 0 spiro atoms. The lowest BCUT2D eigenvalue weighted by Crippen LogP contribution is -2.59. The highest BCUT2D eigenvalue weighted by Crippen LogP contribution is 2.47. The third kappa shape index (κ3) is 5.39. The molecule has 0 bridgehead atoms. The molecule has 36 heavy (non-hydrogen) atoms.